The number of thiocarbonyl (C=S) groups is 1. The summed E-state index contributed by atoms with van der Waals surface area (Å²) in [6.07, 6.45) is 3.56. The molecule has 0 bridgehead atoms. The Bertz CT molecular complexity index is 878. The van der Waals surface area contributed by atoms with Gasteiger partial charge in [0.2, 0.25) is 0 Å². The van der Waals surface area contributed by atoms with Crippen LogP contribution in [0.4, 0.5) is 0 Å². The van der Waals surface area contributed by atoms with Gasteiger partial charge < -0.3 is 4.74 Å². The number of rotatable bonds is 6. The second-order valence-electron chi connectivity index (χ2n) is 5.87. The Balaban J connectivity index is 1.79. The van der Waals surface area contributed by atoms with E-state index in [0.29, 0.717) is 28.1 Å². The molecule has 1 fully saturated rings. The molecule has 1 aromatic heterocycles. The summed E-state index contributed by atoms with van der Waals surface area (Å²) in [6, 6.07) is 13.3. The molecule has 1 aromatic carbocycles. The van der Waals surface area contributed by atoms with Crippen LogP contribution in [0, 0.1) is 0 Å². The van der Waals surface area contributed by atoms with Gasteiger partial charge in [0.05, 0.1) is 10.6 Å². The zero-order valence-corrected chi connectivity index (χ0v) is 16.0. The third kappa shape index (κ3) is 4.39. The van der Waals surface area contributed by atoms with Crippen molar-refractivity contribution < 1.29 is 9.53 Å². The van der Waals surface area contributed by atoms with E-state index in [1.54, 1.807) is 11.1 Å². The lowest BCUT2D eigenvalue weighted by Crippen LogP contribution is -2.29. The number of carbonyl (C=O) groups is 1. The number of pyridine rings is 1. The van der Waals surface area contributed by atoms with E-state index in [1.165, 1.54) is 11.8 Å². The van der Waals surface area contributed by atoms with Crippen LogP contribution in [0.3, 0.4) is 0 Å². The van der Waals surface area contributed by atoms with E-state index in [9.17, 15) is 4.79 Å². The monoisotopic (exact) mass is 382 g/mol. The molecule has 0 spiro atoms. The fourth-order valence-corrected chi connectivity index (χ4v) is 3.66. The van der Waals surface area contributed by atoms with Gasteiger partial charge in [-0.3, -0.25) is 14.7 Å². The number of nitrogens with zero attached hydrogens (tertiary/aromatic N) is 2. The Kier molecular flexibility index (Phi) is 5.85. The normalized spacial score (nSPS) is 15.6. The van der Waals surface area contributed by atoms with Crippen LogP contribution >= 0.6 is 24.0 Å². The molecular formula is C20H18N2O2S2. The highest BCUT2D eigenvalue weighted by Gasteiger charge is 2.31. The molecule has 0 unspecified atom stereocenters. The van der Waals surface area contributed by atoms with Crippen molar-refractivity contribution in [2.75, 3.05) is 6.54 Å². The highest BCUT2D eigenvalue weighted by atomic mass is 32.2. The van der Waals surface area contributed by atoms with E-state index >= 15 is 0 Å². The van der Waals surface area contributed by atoms with Gasteiger partial charge in [-0.25, -0.2) is 0 Å². The number of carbonyl (C=O) groups excluding carboxylic acids is 1. The maximum atomic E-state index is 12.6. The van der Waals surface area contributed by atoms with Crippen molar-refractivity contribution in [2.45, 2.75) is 13.5 Å². The molecule has 26 heavy (non-hydrogen) atoms. The van der Waals surface area contributed by atoms with Gasteiger partial charge in [0.25, 0.3) is 5.91 Å². The Morgan fingerprint density at radius 2 is 2.08 bits per heavy atom. The third-order valence-electron chi connectivity index (χ3n) is 3.61. The number of para-hydroxylation sites is 1. The summed E-state index contributed by atoms with van der Waals surface area (Å²) in [4.78, 5) is 19.0. The Morgan fingerprint density at radius 1 is 1.31 bits per heavy atom. The van der Waals surface area contributed by atoms with Gasteiger partial charge >= 0.3 is 0 Å². The topological polar surface area (TPSA) is 42.4 Å². The van der Waals surface area contributed by atoms with Crippen molar-refractivity contribution in [3.05, 3.63) is 77.0 Å². The molecule has 1 amide bonds. The average molecular weight is 383 g/mol. The first-order chi connectivity index (χ1) is 12.5. The smallest absolute Gasteiger partial charge is 0.266 e. The second kappa shape index (κ2) is 8.29. The first kappa shape index (κ1) is 18.4. The molecule has 0 atom stereocenters. The number of ether oxygens (including phenoxy) is 1. The lowest BCUT2D eigenvalue weighted by Gasteiger charge is -2.13. The van der Waals surface area contributed by atoms with Gasteiger partial charge in [-0.15, -0.1) is 0 Å². The molecular weight excluding hydrogens is 364 g/mol. The molecule has 0 radical (unpaired) electrons. The third-order valence-corrected chi connectivity index (χ3v) is 4.99. The fourth-order valence-electron chi connectivity index (χ4n) is 2.41. The number of thioether (sulfide) groups is 1. The Labute approximate surface area is 162 Å². The van der Waals surface area contributed by atoms with E-state index in [2.05, 4.69) is 11.6 Å². The van der Waals surface area contributed by atoms with Crippen molar-refractivity contribution >= 4 is 40.3 Å². The lowest BCUT2D eigenvalue weighted by atomic mass is 10.2. The van der Waals surface area contributed by atoms with E-state index in [0.717, 1.165) is 16.8 Å². The van der Waals surface area contributed by atoms with Crippen LogP contribution in [0.5, 0.6) is 5.75 Å². The number of aromatic nitrogens is 1. The largest absolute Gasteiger partial charge is 0.487 e. The summed E-state index contributed by atoms with van der Waals surface area (Å²) in [5.41, 5.74) is 2.57. The molecule has 0 N–H and O–H groups in total. The highest BCUT2D eigenvalue weighted by Crippen LogP contribution is 2.34. The molecule has 4 nitrogen and oxygen atoms in total. The minimum atomic E-state index is -0.0949. The van der Waals surface area contributed by atoms with Crippen LogP contribution in [-0.2, 0) is 11.4 Å². The second-order valence-corrected chi connectivity index (χ2v) is 7.55. The minimum Gasteiger partial charge on any atom is -0.487 e. The number of hydrogen-bond acceptors (Lipinski definition) is 5. The quantitative estimate of drug-likeness (QED) is 0.420. The molecule has 0 saturated carbocycles. The summed E-state index contributed by atoms with van der Waals surface area (Å²) < 4.78 is 6.45. The predicted molar refractivity (Wildman–Crippen MR) is 110 cm³/mol. The van der Waals surface area contributed by atoms with Crippen LogP contribution in [-0.4, -0.2) is 26.7 Å². The van der Waals surface area contributed by atoms with Crippen molar-refractivity contribution in [1.82, 2.24) is 9.88 Å². The van der Waals surface area contributed by atoms with Crippen molar-refractivity contribution in [3.63, 3.8) is 0 Å². The summed E-state index contributed by atoms with van der Waals surface area (Å²) in [6.45, 7) is 6.54. The van der Waals surface area contributed by atoms with Gasteiger partial charge in [0, 0.05) is 18.3 Å². The number of hydrogen-bond donors (Lipinski definition) is 0. The molecule has 1 aliphatic heterocycles. The van der Waals surface area contributed by atoms with Crippen LogP contribution < -0.4 is 4.74 Å². The van der Waals surface area contributed by atoms with Gasteiger partial charge in [-0.2, -0.15) is 0 Å². The molecule has 2 heterocycles. The fraction of sp³-hybridized carbons (Fsp3) is 0.150. The zero-order chi connectivity index (χ0) is 18.5. The lowest BCUT2D eigenvalue weighted by molar-refractivity contribution is -0.121. The molecule has 6 heteroatoms. The van der Waals surface area contributed by atoms with Crippen molar-refractivity contribution in [1.29, 1.82) is 0 Å². The summed E-state index contributed by atoms with van der Waals surface area (Å²) in [5.74, 6) is 0.603. The van der Waals surface area contributed by atoms with Crippen LogP contribution in [0.1, 0.15) is 18.2 Å². The molecule has 3 rings (SSSR count). The van der Waals surface area contributed by atoms with Gasteiger partial charge in [-0.05, 0) is 31.2 Å². The Hall–Kier alpha value is -2.44. The van der Waals surface area contributed by atoms with Gasteiger partial charge in [-0.1, -0.05) is 60.4 Å². The number of amides is 1. The first-order valence-electron chi connectivity index (χ1n) is 8.06. The highest BCUT2D eigenvalue weighted by molar-refractivity contribution is 8.26. The molecule has 1 aliphatic rings. The molecule has 132 valence electrons. The minimum absolute atomic E-state index is 0.0949. The summed E-state index contributed by atoms with van der Waals surface area (Å²) in [7, 11) is 0. The van der Waals surface area contributed by atoms with Gasteiger partial charge in [0.1, 0.15) is 16.7 Å². The molecule has 1 saturated heterocycles. The van der Waals surface area contributed by atoms with Crippen molar-refractivity contribution in [3.8, 4) is 5.75 Å². The molecule has 2 aromatic rings. The maximum Gasteiger partial charge on any atom is 0.266 e. The van der Waals surface area contributed by atoms with E-state index in [4.69, 9.17) is 17.0 Å². The maximum absolute atomic E-state index is 12.6. The summed E-state index contributed by atoms with van der Waals surface area (Å²) in [5, 5.41) is 0. The van der Waals surface area contributed by atoms with Gasteiger partial charge in [0.15, 0.2) is 0 Å². The SMILES string of the molecule is C=C(C)CN1C(=O)C(=Cc2ccccc2OCc2ccccn2)SC1=S. The zero-order valence-electron chi connectivity index (χ0n) is 14.3. The summed E-state index contributed by atoms with van der Waals surface area (Å²) >= 11 is 6.63. The standard InChI is InChI=1S/C20H18N2O2S2/c1-14(2)12-22-19(23)18(26-20(22)25)11-15-7-3-4-9-17(15)24-13-16-8-5-6-10-21-16/h3-11H,1,12-13H2,2H3. The number of benzene rings is 1. The Morgan fingerprint density at radius 3 is 2.81 bits per heavy atom. The molecule has 0 aliphatic carbocycles. The van der Waals surface area contributed by atoms with E-state index in [-0.39, 0.29) is 5.91 Å². The van der Waals surface area contributed by atoms with Crippen molar-refractivity contribution in [2.24, 2.45) is 0 Å². The average Bonchev–Trinajstić information content (AvgIpc) is 2.89. The first-order valence-corrected chi connectivity index (χ1v) is 9.28. The van der Waals surface area contributed by atoms with Crippen LogP contribution in [0.25, 0.3) is 6.08 Å². The van der Waals surface area contributed by atoms with E-state index < -0.39 is 0 Å². The van der Waals surface area contributed by atoms with E-state index in [1.807, 2.05) is 55.5 Å². The predicted octanol–water partition coefficient (Wildman–Crippen LogP) is 4.44. The van der Waals surface area contributed by atoms with Crippen LogP contribution in [0.15, 0.2) is 65.7 Å². The van der Waals surface area contributed by atoms with Crippen LogP contribution in [0.2, 0.25) is 0 Å².